The van der Waals surface area contributed by atoms with Crippen LogP contribution in [0.1, 0.15) is 52.5 Å². The topological polar surface area (TPSA) is 49.9 Å². The molecular formula is C21H32N2O3. The van der Waals surface area contributed by atoms with Gasteiger partial charge >= 0.3 is 0 Å². The number of nitrogens with zero attached hydrogens (tertiary/aromatic N) is 2. The van der Waals surface area contributed by atoms with E-state index in [2.05, 4.69) is 13.8 Å². The number of carbonyl (C=O) groups is 2. The van der Waals surface area contributed by atoms with Crippen LogP contribution in [0.3, 0.4) is 0 Å². The number of hydrogen-bond acceptors (Lipinski definition) is 3. The van der Waals surface area contributed by atoms with E-state index in [-0.39, 0.29) is 17.7 Å². The number of benzene rings is 1. The molecule has 0 radical (unpaired) electrons. The molecule has 2 rings (SSSR count). The molecule has 1 aliphatic heterocycles. The molecule has 5 nitrogen and oxygen atoms in total. The van der Waals surface area contributed by atoms with Crippen LogP contribution in [-0.2, 0) is 9.59 Å². The predicted molar refractivity (Wildman–Crippen MR) is 103 cm³/mol. The lowest BCUT2D eigenvalue weighted by atomic mass is 10.0. The van der Waals surface area contributed by atoms with Crippen molar-refractivity contribution in [2.45, 2.75) is 53.1 Å². The molecule has 1 saturated heterocycles. The van der Waals surface area contributed by atoms with Gasteiger partial charge in [0, 0.05) is 32.1 Å². The molecule has 5 heteroatoms. The summed E-state index contributed by atoms with van der Waals surface area (Å²) in [5.74, 6) is 1.25. The smallest absolute Gasteiger partial charge is 0.263 e. The highest BCUT2D eigenvalue weighted by atomic mass is 16.5. The summed E-state index contributed by atoms with van der Waals surface area (Å²) in [6.07, 6.45) is 0.265. The number of hydrogen-bond donors (Lipinski definition) is 0. The van der Waals surface area contributed by atoms with Gasteiger partial charge in [-0.1, -0.05) is 45.9 Å². The molecule has 1 heterocycles. The molecule has 1 aliphatic rings. The van der Waals surface area contributed by atoms with E-state index in [0.717, 1.165) is 17.7 Å². The lowest BCUT2D eigenvalue weighted by Crippen LogP contribution is -2.43. The number of amides is 2. The fourth-order valence-electron chi connectivity index (χ4n) is 3.29. The molecule has 1 fully saturated rings. The van der Waals surface area contributed by atoms with Gasteiger partial charge in [0.15, 0.2) is 6.10 Å². The van der Waals surface area contributed by atoms with Gasteiger partial charge < -0.3 is 14.5 Å². The zero-order chi connectivity index (χ0) is 19.3. The summed E-state index contributed by atoms with van der Waals surface area (Å²) in [7, 11) is 0. The summed E-state index contributed by atoms with van der Waals surface area (Å²) in [4.78, 5) is 28.7. The lowest BCUT2D eigenvalue weighted by Gasteiger charge is -2.26. The van der Waals surface area contributed by atoms with E-state index in [9.17, 15) is 9.59 Å². The summed E-state index contributed by atoms with van der Waals surface area (Å²) < 4.78 is 6.00. The summed E-state index contributed by atoms with van der Waals surface area (Å²) in [6, 6.07) is 7.88. The first-order chi connectivity index (χ1) is 12.3. The normalized spacial score (nSPS) is 16.6. The Kier molecular flexibility index (Phi) is 7.06. The average Bonchev–Trinajstić information content (AvgIpc) is 2.86. The Morgan fingerprint density at radius 2 is 1.46 bits per heavy atom. The van der Waals surface area contributed by atoms with Crippen molar-refractivity contribution < 1.29 is 14.3 Å². The first-order valence-corrected chi connectivity index (χ1v) is 9.64. The van der Waals surface area contributed by atoms with Gasteiger partial charge in [-0.2, -0.15) is 0 Å². The van der Waals surface area contributed by atoms with Crippen molar-refractivity contribution in [3.05, 3.63) is 29.8 Å². The summed E-state index contributed by atoms with van der Waals surface area (Å²) >= 11 is 0. The second-order valence-corrected chi connectivity index (χ2v) is 7.61. The highest BCUT2D eigenvalue weighted by Gasteiger charge is 2.27. The van der Waals surface area contributed by atoms with Gasteiger partial charge in [0.25, 0.3) is 5.91 Å². The Morgan fingerprint density at radius 1 is 0.885 bits per heavy atom. The molecule has 0 N–H and O–H groups in total. The fraction of sp³-hybridized carbons (Fsp3) is 0.619. The Labute approximate surface area is 157 Å². The van der Waals surface area contributed by atoms with E-state index >= 15 is 0 Å². The predicted octanol–water partition coefficient (Wildman–Crippen LogP) is 3.29. The van der Waals surface area contributed by atoms with E-state index in [1.54, 1.807) is 6.92 Å². The van der Waals surface area contributed by atoms with Gasteiger partial charge in [0.1, 0.15) is 5.75 Å². The van der Waals surface area contributed by atoms with Crippen molar-refractivity contribution in [1.29, 1.82) is 0 Å². The van der Waals surface area contributed by atoms with Gasteiger partial charge in [-0.15, -0.1) is 0 Å². The van der Waals surface area contributed by atoms with Crippen LogP contribution in [0.4, 0.5) is 0 Å². The first kappa shape index (κ1) is 20.3. The maximum absolute atomic E-state index is 12.8. The minimum atomic E-state index is -0.540. The van der Waals surface area contributed by atoms with Crippen molar-refractivity contribution in [1.82, 2.24) is 9.80 Å². The van der Waals surface area contributed by atoms with E-state index < -0.39 is 6.10 Å². The molecule has 0 saturated carbocycles. The molecule has 144 valence electrons. The molecule has 0 spiro atoms. The average molecular weight is 360 g/mol. The van der Waals surface area contributed by atoms with Crippen LogP contribution in [-0.4, -0.2) is 53.9 Å². The Balaban J connectivity index is 1.99. The molecule has 0 aliphatic carbocycles. The van der Waals surface area contributed by atoms with E-state index in [1.165, 1.54) is 0 Å². The Morgan fingerprint density at radius 3 is 2.04 bits per heavy atom. The molecule has 26 heavy (non-hydrogen) atoms. The highest BCUT2D eigenvalue weighted by molar-refractivity contribution is 5.81. The minimum Gasteiger partial charge on any atom is -0.481 e. The number of ether oxygens (including phenoxy) is 1. The van der Waals surface area contributed by atoms with Crippen LogP contribution in [0.5, 0.6) is 5.75 Å². The van der Waals surface area contributed by atoms with Gasteiger partial charge in [0.05, 0.1) is 0 Å². The molecule has 1 atom stereocenters. The van der Waals surface area contributed by atoms with E-state index in [4.69, 9.17) is 4.74 Å². The van der Waals surface area contributed by atoms with Crippen molar-refractivity contribution in [2.24, 2.45) is 5.92 Å². The number of para-hydroxylation sites is 1. The summed E-state index contributed by atoms with van der Waals surface area (Å²) in [5.41, 5.74) is 1.11. The van der Waals surface area contributed by atoms with Crippen LogP contribution in [0.15, 0.2) is 24.3 Å². The summed E-state index contributed by atoms with van der Waals surface area (Å²) in [5, 5.41) is 0. The monoisotopic (exact) mass is 360 g/mol. The van der Waals surface area contributed by atoms with Crippen LogP contribution in [0, 0.1) is 5.92 Å². The Bertz CT molecular complexity index is 627. The third kappa shape index (κ3) is 4.99. The Hall–Kier alpha value is -2.04. The molecule has 1 aromatic carbocycles. The van der Waals surface area contributed by atoms with Crippen molar-refractivity contribution in [2.75, 3.05) is 26.2 Å². The second kappa shape index (κ2) is 9.06. The van der Waals surface area contributed by atoms with Gasteiger partial charge in [0.2, 0.25) is 5.91 Å². The number of rotatable bonds is 5. The van der Waals surface area contributed by atoms with E-state index in [1.807, 2.05) is 47.9 Å². The van der Waals surface area contributed by atoms with Crippen LogP contribution >= 0.6 is 0 Å². The molecule has 1 unspecified atom stereocenters. The third-order valence-corrected chi connectivity index (χ3v) is 4.81. The first-order valence-electron chi connectivity index (χ1n) is 9.64. The minimum absolute atomic E-state index is 0.00737. The highest BCUT2D eigenvalue weighted by Crippen LogP contribution is 2.27. The third-order valence-electron chi connectivity index (χ3n) is 4.81. The fourth-order valence-corrected chi connectivity index (χ4v) is 3.29. The van der Waals surface area contributed by atoms with Crippen LogP contribution < -0.4 is 4.74 Å². The van der Waals surface area contributed by atoms with Gasteiger partial charge in [-0.05, 0) is 30.9 Å². The van der Waals surface area contributed by atoms with E-state index in [0.29, 0.717) is 32.1 Å². The SMILES string of the molecule is CC(C)C(=O)N1CCCN(C(=O)C(C)Oc2ccccc2C(C)C)CC1. The standard InChI is InChI=1S/C21H32N2O3/c1-15(2)18-9-6-7-10-19(18)26-17(5)21(25)23-12-8-11-22(13-14-23)20(24)16(3)4/h6-7,9-10,15-17H,8,11-14H2,1-5H3. The van der Waals surface area contributed by atoms with Crippen molar-refractivity contribution in [3.63, 3.8) is 0 Å². The zero-order valence-corrected chi connectivity index (χ0v) is 16.7. The molecule has 1 aromatic rings. The zero-order valence-electron chi connectivity index (χ0n) is 16.7. The van der Waals surface area contributed by atoms with Gasteiger partial charge in [-0.25, -0.2) is 0 Å². The van der Waals surface area contributed by atoms with Crippen molar-refractivity contribution in [3.8, 4) is 5.75 Å². The van der Waals surface area contributed by atoms with Crippen LogP contribution in [0.25, 0.3) is 0 Å². The molecule has 0 aromatic heterocycles. The maximum Gasteiger partial charge on any atom is 0.263 e. The van der Waals surface area contributed by atoms with Crippen LogP contribution in [0.2, 0.25) is 0 Å². The van der Waals surface area contributed by atoms with Gasteiger partial charge in [-0.3, -0.25) is 9.59 Å². The van der Waals surface area contributed by atoms with Crippen molar-refractivity contribution >= 4 is 11.8 Å². The lowest BCUT2D eigenvalue weighted by molar-refractivity contribution is -0.139. The summed E-state index contributed by atoms with van der Waals surface area (Å²) in [6.45, 7) is 12.4. The maximum atomic E-state index is 12.8. The second-order valence-electron chi connectivity index (χ2n) is 7.61. The molecular weight excluding hydrogens is 328 g/mol. The molecule has 2 amide bonds. The number of carbonyl (C=O) groups excluding carboxylic acids is 2. The molecule has 0 bridgehead atoms. The largest absolute Gasteiger partial charge is 0.481 e. The quantitative estimate of drug-likeness (QED) is 0.809.